The Balaban J connectivity index is 1.34. The minimum atomic E-state index is -3.04. The molecule has 3 aromatic rings. The van der Waals surface area contributed by atoms with Gasteiger partial charge in [0.05, 0.1) is 29.0 Å². The molecule has 54 heavy (non-hydrogen) atoms. The Labute approximate surface area is 318 Å². The lowest BCUT2D eigenvalue weighted by Gasteiger charge is -2.45. The normalized spacial score (nSPS) is 22.7. The van der Waals surface area contributed by atoms with Crippen LogP contribution in [0.5, 0.6) is 0 Å². The lowest BCUT2D eigenvalue weighted by Crippen LogP contribution is -2.64. The second kappa shape index (κ2) is 15.5. The summed E-state index contributed by atoms with van der Waals surface area (Å²) in [5, 5.41) is 25.9. The predicted molar refractivity (Wildman–Crippen MR) is 201 cm³/mol. The molecule has 3 fully saturated rings. The summed E-state index contributed by atoms with van der Waals surface area (Å²) in [4.78, 5) is 74.3. The van der Waals surface area contributed by atoms with Gasteiger partial charge in [-0.3, -0.25) is 38.1 Å². The number of pyridine rings is 1. The van der Waals surface area contributed by atoms with E-state index in [1.807, 2.05) is 0 Å². The molecule has 16 nitrogen and oxygen atoms in total. The quantitative estimate of drug-likeness (QED) is 0.154. The number of carbonyl (C=O) groups is 5. The largest absolute Gasteiger partial charge is 0.384 e. The second-order valence-corrected chi connectivity index (χ2v) is 18.2. The summed E-state index contributed by atoms with van der Waals surface area (Å²) >= 11 is 6.12. The number of amides is 4. The highest BCUT2D eigenvalue weighted by Gasteiger charge is 2.51. The van der Waals surface area contributed by atoms with Crippen LogP contribution in [0.25, 0.3) is 10.9 Å². The average molecular weight is 787 g/mol. The number of nitrogens with zero attached hydrogens (tertiary/aromatic N) is 5. The SMILES string of the molecule is CC(C)(O)c1cnnn1[C@H]1C[C@@H](C(=O)NC2(C(=O)C(N)=O)CCS(O)(O)CC2)N(C(=O)C(CC2CCCCC2)NC(=O)c2cnc3cc(Cl)ccc3c2)C1. The Morgan fingerprint density at radius 3 is 2.44 bits per heavy atom. The third kappa shape index (κ3) is 8.54. The number of rotatable bonds is 11. The topological polar surface area (TPSA) is 243 Å². The van der Waals surface area contributed by atoms with Crippen LogP contribution < -0.4 is 16.4 Å². The minimum absolute atomic E-state index is 0.0126. The van der Waals surface area contributed by atoms with Gasteiger partial charge in [0.15, 0.2) is 0 Å². The summed E-state index contributed by atoms with van der Waals surface area (Å²) in [6, 6.07) is 3.85. The Kier molecular flexibility index (Phi) is 11.4. The van der Waals surface area contributed by atoms with Crippen molar-refractivity contribution in [2.24, 2.45) is 11.7 Å². The molecular formula is C36H47ClN8O8S. The Morgan fingerprint density at radius 1 is 1.07 bits per heavy atom. The standard InChI is InChI=1S/C36H47ClN8O8S/c1-35(2,51)29-19-40-43-45(29)25-17-28(33(49)42-36(30(46)31(38)47)10-12-54(52,53)13-11-36)44(20-25)34(50)27(14-21-6-4-3-5-7-21)41-32(48)23-15-22-8-9-24(37)16-26(22)39-18-23/h8-9,15-16,18-19,21,25,27-28,51-53H,3-7,10-14,17,20H2,1-2H3,(H2,38,47)(H,41,48)(H,42,49)/t25-,27?,28-/m0/s1. The van der Waals surface area contributed by atoms with Crippen molar-refractivity contribution in [1.82, 2.24) is 35.5 Å². The smallest absolute Gasteiger partial charge is 0.287 e. The molecule has 1 saturated carbocycles. The van der Waals surface area contributed by atoms with Gasteiger partial charge in [0.25, 0.3) is 11.8 Å². The number of halogens is 1. The molecular weight excluding hydrogens is 740 g/mol. The zero-order valence-corrected chi connectivity index (χ0v) is 31.8. The first-order valence-corrected chi connectivity index (χ1v) is 20.4. The molecule has 1 unspecified atom stereocenters. The molecule has 2 aromatic heterocycles. The van der Waals surface area contributed by atoms with Crippen LogP contribution in [-0.2, 0) is 24.8 Å². The zero-order valence-electron chi connectivity index (χ0n) is 30.2. The number of primary amides is 1. The summed E-state index contributed by atoms with van der Waals surface area (Å²) in [6.07, 6.45) is 7.42. The van der Waals surface area contributed by atoms with Gasteiger partial charge in [-0.1, -0.05) is 55.0 Å². The van der Waals surface area contributed by atoms with Crippen molar-refractivity contribution in [3.05, 3.63) is 52.9 Å². The molecule has 1 aromatic carbocycles. The summed E-state index contributed by atoms with van der Waals surface area (Å²) in [6.45, 7) is 3.06. The molecule has 2 saturated heterocycles. The monoisotopic (exact) mass is 786 g/mol. The first kappa shape index (κ1) is 39.5. The summed E-state index contributed by atoms with van der Waals surface area (Å²) in [5.74, 6) is -4.52. The Morgan fingerprint density at radius 2 is 1.78 bits per heavy atom. The van der Waals surface area contributed by atoms with Gasteiger partial charge < -0.3 is 26.4 Å². The molecule has 3 aliphatic rings. The maximum absolute atomic E-state index is 14.8. The van der Waals surface area contributed by atoms with Crippen LogP contribution in [0.3, 0.4) is 0 Å². The molecule has 7 N–H and O–H groups in total. The van der Waals surface area contributed by atoms with Gasteiger partial charge in [0.1, 0.15) is 23.2 Å². The molecule has 4 amide bonds. The van der Waals surface area contributed by atoms with Crippen molar-refractivity contribution in [1.29, 1.82) is 0 Å². The number of nitrogens with one attached hydrogen (secondary N) is 2. The Bertz CT molecular complexity index is 1930. The summed E-state index contributed by atoms with van der Waals surface area (Å²) < 4.78 is 22.1. The molecule has 6 rings (SSSR count). The van der Waals surface area contributed by atoms with E-state index < -0.39 is 69.3 Å². The summed E-state index contributed by atoms with van der Waals surface area (Å²) in [5.41, 5.74) is 3.39. The number of likely N-dealkylation sites (tertiary alicyclic amines) is 1. The molecule has 292 valence electrons. The van der Waals surface area contributed by atoms with E-state index in [1.165, 1.54) is 22.0 Å². The number of ketones is 1. The second-order valence-electron chi connectivity index (χ2n) is 15.3. The third-order valence-electron chi connectivity index (χ3n) is 11.0. The summed E-state index contributed by atoms with van der Waals surface area (Å²) in [7, 11) is -3.04. The molecule has 3 atom stereocenters. The van der Waals surface area contributed by atoms with Gasteiger partial charge in [0.2, 0.25) is 17.6 Å². The van der Waals surface area contributed by atoms with Crippen LogP contribution in [-0.4, -0.2) is 104 Å². The van der Waals surface area contributed by atoms with Gasteiger partial charge >= 0.3 is 0 Å². The fourth-order valence-corrected chi connectivity index (χ4v) is 9.66. The number of fused-ring (bicyclic) bond motifs is 1. The number of hydrogen-bond acceptors (Lipinski definition) is 11. The fraction of sp³-hybridized carbons (Fsp3) is 0.556. The van der Waals surface area contributed by atoms with Crippen molar-refractivity contribution in [2.75, 3.05) is 18.1 Å². The van der Waals surface area contributed by atoms with Crippen molar-refractivity contribution in [3.8, 4) is 0 Å². The maximum atomic E-state index is 14.8. The van der Waals surface area contributed by atoms with E-state index in [9.17, 15) is 38.2 Å². The van der Waals surface area contributed by atoms with Crippen molar-refractivity contribution in [3.63, 3.8) is 0 Å². The van der Waals surface area contributed by atoms with Gasteiger partial charge in [-0.05, 0) is 57.2 Å². The number of benzene rings is 1. The number of carbonyl (C=O) groups excluding carboxylic acids is 5. The van der Waals surface area contributed by atoms with Crippen LogP contribution in [0, 0.1) is 5.92 Å². The molecule has 0 bridgehead atoms. The van der Waals surface area contributed by atoms with Crippen LogP contribution in [0.1, 0.15) is 93.7 Å². The lowest BCUT2D eigenvalue weighted by atomic mass is 9.84. The minimum Gasteiger partial charge on any atom is -0.384 e. The van der Waals surface area contributed by atoms with Crippen LogP contribution in [0.4, 0.5) is 0 Å². The number of aromatic nitrogens is 4. The van der Waals surface area contributed by atoms with Gasteiger partial charge in [-0.25, -0.2) is 4.68 Å². The van der Waals surface area contributed by atoms with E-state index in [1.54, 1.807) is 38.1 Å². The molecule has 1 aliphatic carbocycles. The van der Waals surface area contributed by atoms with Gasteiger partial charge in [-0.15, -0.1) is 5.10 Å². The van der Waals surface area contributed by atoms with E-state index in [0.717, 1.165) is 32.1 Å². The molecule has 0 spiro atoms. The third-order valence-corrected chi connectivity index (χ3v) is 12.9. The van der Waals surface area contributed by atoms with E-state index in [2.05, 4.69) is 25.9 Å². The van der Waals surface area contributed by atoms with E-state index >= 15 is 0 Å². The first-order valence-electron chi connectivity index (χ1n) is 18.2. The highest BCUT2D eigenvalue weighted by atomic mass is 35.5. The first-order chi connectivity index (χ1) is 25.5. The molecule has 2 aliphatic heterocycles. The van der Waals surface area contributed by atoms with Gasteiger partial charge in [0, 0.05) is 41.1 Å². The van der Waals surface area contributed by atoms with Crippen molar-refractivity contribution >= 4 is 62.5 Å². The average Bonchev–Trinajstić information content (AvgIpc) is 3.81. The molecule has 0 radical (unpaired) electrons. The van der Waals surface area contributed by atoms with Crippen LogP contribution >= 0.6 is 22.2 Å². The van der Waals surface area contributed by atoms with Gasteiger partial charge in [-0.2, -0.15) is 10.6 Å². The fourth-order valence-electron chi connectivity index (χ4n) is 7.94. The predicted octanol–water partition coefficient (Wildman–Crippen LogP) is 3.07. The number of hydrogen-bond donors (Lipinski definition) is 6. The number of Topliss-reactive ketones (excluding diaryl/α,β-unsaturated/α-hetero) is 1. The van der Waals surface area contributed by atoms with Crippen LogP contribution in [0.15, 0.2) is 36.7 Å². The number of aliphatic hydroxyl groups is 1. The van der Waals surface area contributed by atoms with Crippen molar-refractivity contribution in [2.45, 2.75) is 101 Å². The van der Waals surface area contributed by atoms with E-state index in [0.29, 0.717) is 28.0 Å². The van der Waals surface area contributed by atoms with E-state index in [-0.39, 0.29) is 48.8 Å². The molecule has 18 heteroatoms. The lowest BCUT2D eigenvalue weighted by molar-refractivity contribution is -0.145. The number of nitrogens with two attached hydrogens (primary N) is 1. The van der Waals surface area contributed by atoms with Crippen molar-refractivity contribution < 1.29 is 38.2 Å². The molecule has 4 heterocycles. The zero-order chi connectivity index (χ0) is 39.0. The highest BCUT2D eigenvalue weighted by Crippen LogP contribution is 2.47. The highest BCUT2D eigenvalue weighted by molar-refractivity contribution is 8.24. The van der Waals surface area contributed by atoms with E-state index in [4.69, 9.17) is 17.3 Å². The maximum Gasteiger partial charge on any atom is 0.287 e. The Hall–Kier alpha value is -4.16. The van der Waals surface area contributed by atoms with Crippen LogP contribution in [0.2, 0.25) is 5.02 Å².